The van der Waals surface area contributed by atoms with Crippen molar-refractivity contribution in [1.82, 2.24) is 5.32 Å². The number of halogens is 1. The summed E-state index contributed by atoms with van der Waals surface area (Å²) in [6, 6.07) is 17.1. The maximum absolute atomic E-state index is 11.5. The van der Waals surface area contributed by atoms with Gasteiger partial charge in [0.2, 0.25) is 0 Å². The van der Waals surface area contributed by atoms with Crippen LogP contribution in [0.2, 0.25) is 0 Å². The zero-order valence-electron chi connectivity index (χ0n) is 15.8. The summed E-state index contributed by atoms with van der Waals surface area (Å²) in [5, 5.41) is 3.69. The standard InChI is InChI=1S/C22H27NO3.ClH/c1-2-25-22(24)16-26-21-12-11-18-9-6-10-20(13-19(18)14-21)23-15-17-7-4-3-5-8-17;/h3-5,7-8,11-12,14,20,23H,2,6,9-10,13,15-16H2,1H3;1H. The third-order valence-electron chi connectivity index (χ3n) is 4.74. The second kappa shape index (κ2) is 11.0. The van der Waals surface area contributed by atoms with Gasteiger partial charge in [0, 0.05) is 12.6 Å². The number of nitrogens with one attached hydrogen (secondary N) is 1. The number of benzene rings is 2. The molecular formula is C22H28ClNO3. The van der Waals surface area contributed by atoms with E-state index in [0.717, 1.165) is 25.1 Å². The van der Waals surface area contributed by atoms with Crippen LogP contribution in [0, 0.1) is 0 Å². The van der Waals surface area contributed by atoms with Crippen molar-refractivity contribution in [3.05, 3.63) is 65.2 Å². The van der Waals surface area contributed by atoms with Gasteiger partial charge in [-0.25, -0.2) is 4.79 Å². The fourth-order valence-corrected chi connectivity index (χ4v) is 3.41. The molecule has 5 heteroatoms. The van der Waals surface area contributed by atoms with E-state index in [4.69, 9.17) is 9.47 Å². The monoisotopic (exact) mass is 389 g/mol. The molecule has 1 N–H and O–H groups in total. The molecule has 2 aromatic carbocycles. The molecule has 1 aliphatic rings. The Morgan fingerprint density at radius 2 is 1.96 bits per heavy atom. The Balaban J connectivity index is 0.00000261. The van der Waals surface area contributed by atoms with Gasteiger partial charge in [-0.2, -0.15) is 0 Å². The lowest BCUT2D eigenvalue weighted by Crippen LogP contribution is -2.30. The van der Waals surface area contributed by atoms with E-state index < -0.39 is 0 Å². The molecule has 2 aromatic rings. The van der Waals surface area contributed by atoms with Gasteiger partial charge in [-0.15, -0.1) is 12.4 Å². The zero-order valence-corrected chi connectivity index (χ0v) is 16.6. The van der Waals surface area contributed by atoms with Crippen molar-refractivity contribution in [1.29, 1.82) is 0 Å². The Bertz CT molecular complexity index is 721. The van der Waals surface area contributed by atoms with E-state index in [-0.39, 0.29) is 25.0 Å². The van der Waals surface area contributed by atoms with Gasteiger partial charge in [-0.1, -0.05) is 36.4 Å². The third-order valence-corrected chi connectivity index (χ3v) is 4.74. The van der Waals surface area contributed by atoms with Gasteiger partial charge >= 0.3 is 5.97 Å². The molecule has 0 saturated carbocycles. The Morgan fingerprint density at radius 1 is 1.15 bits per heavy atom. The zero-order chi connectivity index (χ0) is 18.2. The highest BCUT2D eigenvalue weighted by Crippen LogP contribution is 2.25. The Morgan fingerprint density at radius 3 is 2.74 bits per heavy atom. The Hall–Kier alpha value is -2.04. The number of hydrogen-bond donors (Lipinski definition) is 1. The van der Waals surface area contributed by atoms with Gasteiger partial charge in [-0.3, -0.25) is 0 Å². The number of aryl methyl sites for hydroxylation is 1. The number of esters is 1. The van der Waals surface area contributed by atoms with Crippen molar-refractivity contribution in [2.75, 3.05) is 13.2 Å². The van der Waals surface area contributed by atoms with Crippen molar-refractivity contribution in [3.63, 3.8) is 0 Å². The molecule has 0 fully saturated rings. The summed E-state index contributed by atoms with van der Waals surface area (Å²) in [7, 11) is 0. The summed E-state index contributed by atoms with van der Waals surface area (Å²) in [5.41, 5.74) is 4.01. The highest BCUT2D eigenvalue weighted by molar-refractivity contribution is 5.85. The fourth-order valence-electron chi connectivity index (χ4n) is 3.41. The Labute approximate surface area is 167 Å². The fraction of sp³-hybridized carbons (Fsp3) is 0.409. The molecule has 0 spiro atoms. The molecule has 146 valence electrons. The van der Waals surface area contributed by atoms with Crippen LogP contribution in [0.15, 0.2) is 48.5 Å². The summed E-state index contributed by atoms with van der Waals surface area (Å²) in [6.45, 7) is 3.02. The van der Waals surface area contributed by atoms with Gasteiger partial charge in [0.1, 0.15) is 5.75 Å². The van der Waals surface area contributed by atoms with Crippen LogP contribution in [-0.2, 0) is 28.9 Å². The second-order valence-corrected chi connectivity index (χ2v) is 6.68. The number of hydrogen-bond acceptors (Lipinski definition) is 4. The largest absolute Gasteiger partial charge is 0.482 e. The minimum atomic E-state index is -0.329. The highest BCUT2D eigenvalue weighted by Gasteiger charge is 2.17. The van der Waals surface area contributed by atoms with Gasteiger partial charge in [0.15, 0.2) is 6.61 Å². The molecule has 0 amide bonds. The smallest absolute Gasteiger partial charge is 0.344 e. The molecule has 3 rings (SSSR count). The molecule has 0 bridgehead atoms. The van der Waals surface area contributed by atoms with Gasteiger partial charge in [-0.05, 0) is 61.4 Å². The van der Waals surface area contributed by atoms with Crippen molar-refractivity contribution in [2.45, 2.75) is 45.2 Å². The van der Waals surface area contributed by atoms with Crippen LogP contribution in [0.1, 0.15) is 36.5 Å². The van der Waals surface area contributed by atoms with Crippen LogP contribution in [0.5, 0.6) is 5.75 Å². The van der Waals surface area contributed by atoms with Crippen molar-refractivity contribution in [2.24, 2.45) is 0 Å². The van der Waals surface area contributed by atoms with Crippen LogP contribution < -0.4 is 10.1 Å². The molecule has 4 nitrogen and oxygen atoms in total. The van der Waals surface area contributed by atoms with E-state index in [1.807, 2.05) is 12.1 Å². The molecule has 0 aliphatic heterocycles. The van der Waals surface area contributed by atoms with E-state index >= 15 is 0 Å². The second-order valence-electron chi connectivity index (χ2n) is 6.68. The quantitative estimate of drug-likeness (QED) is 0.572. The first-order valence-corrected chi connectivity index (χ1v) is 9.42. The van der Waals surface area contributed by atoms with E-state index in [9.17, 15) is 4.79 Å². The van der Waals surface area contributed by atoms with Gasteiger partial charge in [0.25, 0.3) is 0 Å². The van der Waals surface area contributed by atoms with Crippen molar-refractivity contribution in [3.8, 4) is 5.75 Å². The van der Waals surface area contributed by atoms with E-state index in [0.29, 0.717) is 12.6 Å². The molecule has 1 aliphatic carbocycles. The predicted octanol–water partition coefficient (Wildman–Crippen LogP) is 4.09. The van der Waals surface area contributed by atoms with Gasteiger partial charge in [0.05, 0.1) is 6.61 Å². The maximum atomic E-state index is 11.5. The van der Waals surface area contributed by atoms with E-state index in [2.05, 4.69) is 41.7 Å². The molecule has 0 aromatic heterocycles. The first kappa shape index (κ1) is 21.3. The van der Waals surface area contributed by atoms with Crippen molar-refractivity contribution >= 4 is 18.4 Å². The lowest BCUT2D eigenvalue weighted by atomic mass is 10.0. The van der Waals surface area contributed by atoms with Crippen LogP contribution in [0.4, 0.5) is 0 Å². The number of rotatable bonds is 7. The van der Waals surface area contributed by atoms with Crippen LogP contribution in [-0.4, -0.2) is 25.2 Å². The van der Waals surface area contributed by atoms with E-state index in [1.165, 1.54) is 29.5 Å². The summed E-state index contributed by atoms with van der Waals surface area (Å²) in [5.74, 6) is 0.408. The first-order chi connectivity index (χ1) is 12.7. The van der Waals surface area contributed by atoms with Crippen LogP contribution >= 0.6 is 12.4 Å². The molecule has 0 radical (unpaired) electrons. The van der Waals surface area contributed by atoms with Crippen LogP contribution in [0.25, 0.3) is 0 Å². The third kappa shape index (κ3) is 6.56. The van der Waals surface area contributed by atoms with E-state index in [1.54, 1.807) is 6.92 Å². The normalized spacial score (nSPS) is 15.8. The lowest BCUT2D eigenvalue weighted by Gasteiger charge is -2.17. The molecule has 0 heterocycles. The topological polar surface area (TPSA) is 47.6 Å². The first-order valence-electron chi connectivity index (χ1n) is 9.42. The minimum absolute atomic E-state index is 0. The predicted molar refractivity (Wildman–Crippen MR) is 110 cm³/mol. The SMILES string of the molecule is CCOC(=O)COc1ccc2c(c1)CC(NCc1ccccc1)CCC2.Cl. The summed E-state index contributed by atoms with van der Waals surface area (Å²) in [6.07, 6.45) is 4.43. The lowest BCUT2D eigenvalue weighted by molar-refractivity contribution is -0.145. The number of carbonyl (C=O) groups is 1. The summed E-state index contributed by atoms with van der Waals surface area (Å²) < 4.78 is 10.5. The molecular weight excluding hydrogens is 362 g/mol. The number of ether oxygens (including phenoxy) is 2. The summed E-state index contributed by atoms with van der Waals surface area (Å²) in [4.78, 5) is 11.5. The van der Waals surface area contributed by atoms with Gasteiger partial charge < -0.3 is 14.8 Å². The molecule has 1 unspecified atom stereocenters. The molecule has 0 saturated heterocycles. The maximum Gasteiger partial charge on any atom is 0.344 e. The van der Waals surface area contributed by atoms with Crippen LogP contribution in [0.3, 0.4) is 0 Å². The Kier molecular flexibility index (Phi) is 8.62. The highest BCUT2D eigenvalue weighted by atomic mass is 35.5. The van der Waals surface area contributed by atoms with Crippen molar-refractivity contribution < 1.29 is 14.3 Å². The minimum Gasteiger partial charge on any atom is -0.482 e. The number of carbonyl (C=O) groups excluding carboxylic acids is 1. The average Bonchev–Trinajstić information content (AvgIpc) is 2.87. The molecule has 27 heavy (non-hydrogen) atoms. The molecule has 1 atom stereocenters. The summed E-state index contributed by atoms with van der Waals surface area (Å²) >= 11 is 0. The number of fused-ring (bicyclic) bond motifs is 1. The average molecular weight is 390 g/mol.